The summed E-state index contributed by atoms with van der Waals surface area (Å²) < 4.78 is 6.08. The number of amides is 2. The molecule has 3 fully saturated rings. The first kappa shape index (κ1) is 15.1. The molecule has 1 spiro atoms. The van der Waals surface area contributed by atoms with Crippen LogP contribution in [0.25, 0.3) is 0 Å². The van der Waals surface area contributed by atoms with Gasteiger partial charge in [0.1, 0.15) is 0 Å². The maximum Gasteiger partial charge on any atom is 0.254 e. The Balaban J connectivity index is 1.39. The van der Waals surface area contributed by atoms with E-state index >= 15 is 0 Å². The summed E-state index contributed by atoms with van der Waals surface area (Å²) in [5.41, 5.74) is 0.512. The van der Waals surface area contributed by atoms with Crippen molar-refractivity contribution in [2.75, 3.05) is 32.8 Å². The summed E-state index contributed by atoms with van der Waals surface area (Å²) in [5.74, 6) is 0.709. The van der Waals surface area contributed by atoms with Crippen molar-refractivity contribution in [1.82, 2.24) is 9.80 Å². The highest BCUT2D eigenvalue weighted by atomic mass is 32.1. The lowest BCUT2D eigenvalue weighted by atomic mass is 9.89. The summed E-state index contributed by atoms with van der Waals surface area (Å²) >= 11 is 1.55. The molecule has 5 nitrogen and oxygen atoms in total. The van der Waals surface area contributed by atoms with Gasteiger partial charge in [0.05, 0.1) is 24.3 Å². The lowest BCUT2D eigenvalue weighted by molar-refractivity contribution is -0.148. The molecular formula is C17H22N2O3S. The van der Waals surface area contributed by atoms with Crippen LogP contribution in [-0.2, 0) is 9.53 Å². The van der Waals surface area contributed by atoms with Gasteiger partial charge in [-0.25, -0.2) is 0 Å². The van der Waals surface area contributed by atoms with Crippen molar-refractivity contribution in [1.29, 1.82) is 0 Å². The molecule has 1 saturated carbocycles. The number of ether oxygens (including phenoxy) is 1. The largest absolute Gasteiger partial charge is 0.371 e. The highest BCUT2D eigenvalue weighted by Gasteiger charge is 2.43. The number of piperidine rings is 1. The monoisotopic (exact) mass is 334 g/mol. The zero-order valence-electron chi connectivity index (χ0n) is 13.2. The zero-order chi connectivity index (χ0) is 15.9. The van der Waals surface area contributed by atoms with Gasteiger partial charge in [-0.2, -0.15) is 11.3 Å². The fourth-order valence-electron chi connectivity index (χ4n) is 3.61. The lowest BCUT2D eigenvalue weighted by Gasteiger charge is -2.47. The first-order valence-corrected chi connectivity index (χ1v) is 9.35. The van der Waals surface area contributed by atoms with Gasteiger partial charge in [0.15, 0.2) is 0 Å². The Morgan fingerprint density at radius 1 is 1.17 bits per heavy atom. The Morgan fingerprint density at radius 2 is 1.96 bits per heavy atom. The summed E-state index contributed by atoms with van der Waals surface area (Å²) in [6.07, 6.45) is 3.78. The van der Waals surface area contributed by atoms with Crippen LogP contribution < -0.4 is 0 Å². The average molecular weight is 334 g/mol. The van der Waals surface area contributed by atoms with Crippen molar-refractivity contribution in [3.63, 3.8) is 0 Å². The Bertz CT molecular complexity index is 589. The number of morpholine rings is 1. The molecule has 124 valence electrons. The van der Waals surface area contributed by atoms with Crippen molar-refractivity contribution >= 4 is 23.2 Å². The van der Waals surface area contributed by atoms with Crippen LogP contribution in [0.4, 0.5) is 0 Å². The molecule has 0 atom stereocenters. The topological polar surface area (TPSA) is 49.9 Å². The highest BCUT2D eigenvalue weighted by Crippen LogP contribution is 2.35. The Morgan fingerprint density at radius 3 is 2.61 bits per heavy atom. The van der Waals surface area contributed by atoms with Crippen LogP contribution >= 0.6 is 11.3 Å². The molecule has 6 heteroatoms. The third-order valence-corrected chi connectivity index (χ3v) is 5.90. The molecule has 2 aliphatic heterocycles. The molecule has 2 saturated heterocycles. The molecule has 0 unspecified atom stereocenters. The van der Waals surface area contributed by atoms with Crippen LogP contribution in [0.15, 0.2) is 16.8 Å². The Labute approximate surface area is 140 Å². The normalized spacial score (nSPS) is 24.0. The van der Waals surface area contributed by atoms with E-state index in [1.54, 1.807) is 11.3 Å². The van der Waals surface area contributed by atoms with Crippen molar-refractivity contribution < 1.29 is 14.3 Å². The third kappa shape index (κ3) is 3.02. The van der Waals surface area contributed by atoms with Crippen LogP contribution in [0, 0.1) is 5.92 Å². The maximum absolute atomic E-state index is 12.6. The molecule has 4 rings (SSSR count). The van der Waals surface area contributed by atoms with Gasteiger partial charge in [0.25, 0.3) is 5.91 Å². The van der Waals surface area contributed by atoms with E-state index in [9.17, 15) is 9.59 Å². The Kier molecular flexibility index (Phi) is 3.89. The first-order valence-electron chi connectivity index (χ1n) is 8.41. The van der Waals surface area contributed by atoms with Crippen LogP contribution in [0.3, 0.4) is 0 Å². The molecule has 23 heavy (non-hydrogen) atoms. The zero-order valence-corrected chi connectivity index (χ0v) is 14.0. The van der Waals surface area contributed by atoms with Crippen LogP contribution in [-0.4, -0.2) is 60.0 Å². The molecule has 3 aliphatic rings. The van der Waals surface area contributed by atoms with Crippen molar-refractivity contribution in [3.8, 4) is 0 Å². The molecule has 1 aromatic rings. The molecule has 1 aromatic heterocycles. The number of carbonyl (C=O) groups excluding carboxylic acids is 2. The summed E-state index contributed by atoms with van der Waals surface area (Å²) in [6.45, 7) is 3.41. The average Bonchev–Trinajstić information content (AvgIpc) is 3.29. The molecule has 0 aromatic carbocycles. The molecule has 0 bridgehead atoms. The minimum Gasteiger partial charge on any atom is -0.371 e. The smallest absolute Gasteiger partial charge is 0.254 e. The standard InChI is InChI=1S/C17H22N2O3S/c20-15(13-1-2-13)18-6-4-17(5-7-18)12-19(8-9-22-17)16(21)14-3-10-23-11-14/h3,10-11,13H,1-2,4-9,12H2. The van der Waals surface area contributed by atoms with E-state index in [4.69, 9.17) is 4.74 Å². The quantitative estimate of drug-likeness (QED) is 0.831. The van der Waals surface area contributed by atoms with Gasteiger partial charge < -0.3 is 14.5 Å². The summed E-state index contributed by atoms with van der Waals surface area (Å²) in [6, 6.07) is 1.88. The van der Waals surface area contributed by atoms with Gasteiger partial charge in [-0.15, -0.1) is 0 Å². The number of hydrogen-bond acceptors (Lipinski definition) is 4. The van der Waals surface area contributed by atoms with Crippen LogP contribution in [0.1, 0.15) is 36.0 Å². The van der Waals surface area contributed by atoms with E-state index in [0.29, 0.717) is 25.6 Å². The maximum atomic E-state index is 12.6. The second-order valence-electron chi connectivity index (χ2n) is 6.87. The van der Waals surface area contributed by atoms with E-state index in [-0.39, 0.29) is 17.4 Å². The van der Waals surface area contributed by atoms with Gasteiger partial charge in [0, 0.05) is 30.9 Å². The van der Waals surface area contributed by atoms with E-state index < -0.39 is 0 Å². The lowest BCUT2D eigenvalue weighted by Crippen LogP contribution is -2.58. The van der Waals surface area contributed by atoms with E-state index in [0.717, 1.165) is 44.3 Å². The summed E-state index contributed by atoms with van der Waals surface area (Å²) in [7, 11) is 0. The predicted molar refractivity (Wildman–Crippen MR) is 87.4 cm³/mol. The number of nitrogens with zero attached hydrogens (tertiary/aromatic N) is 2. The second kappa shape index (κ2) is 5.91. The second-order valence-corrected chi connectivity index (χ2v) is 7.65. The van der Waals surface area contributed by atoms with Crippen molar-refractivity contribution in [2.45, 2.75) is 31.3 Å². The molecule has 0 N–H and O–H groups in total. The highest BCUT2D eigenvalue weighted by molar-refractivity contribution is 7.08. The summed E-state index contributed by atoms with van der Waals surface area (Å²) in [4.78, 5) is 28.7. The number of hydrogen-bond donors (Lipinski definition) is 0. The number of rotatable bonds is 2. The van der Waals surface area contributed by atoms with Gasteiger partial charge in [-0.3, -0.25) is 9.59 Å². The third-order valence-electron chi connectivity index (χ3n) is 5.22. The fourth-order valence-corrected chi connectivity index (χ4v) is 4.24. The number of carbonyl (C=O) groups is 2. The molecule has 1 aliphatic carbocycles. The van der Waals surface area contributed by atoms with Gasteiger partial charge in [0.2, 0.25) is 5.91 Å². The first-order chi connectivity index (χ1) is 11.2. The predicted octanol–water partition coefficient (Wildman–Crippen LogP) is 1.99. The number of thiophene rings is 1. The number of likely N-dealkylation sites (tertiary alicyclic amines) is 1. The SMILES string of the molecule is O=C(c1ccsc1)N1CCOC2(CCN(C(=O)C3CC3)CC2)C1. The minimum absolute atomic E-state index is 0.102. The molecular weight excluding hydrogens is 312 g/mol. The van der Waals surface area contributed by atoms with Gasteiger partial charge in [-0.1, -0.05) is 0 Å². The van der Waals surface area contributed by atoms with E-state index in [1.807, 2.05) is 26.6 Å². The van der Waals surface area contributed by atoms with Crippen LogP contribution in [0.2, 0.25) is 0 Å². The Hall–Kier alpha value is -1.40. The summed E-state index contributed by atoms with van der Waals surface area (Å²) in [5, 5.41) is 3.84. The van der Waals surface area contributed by atoms with Gasteiger partial charge in [-0.05, 0) is 37.1 Å². The van der Waals surface area contributed by atoms with Crippen molar-refractivity contribution in [2.24, 2.45) is 5.92 Å². The molecule has 2 amide bonds. The van der Waals surface area contributed by atoms with Crippen LogP contribution in [0.5, 0.6) is 0 Å². The fraction of sp³-hybridized carbons (Fsp3) is 0.647. The minimum atomic E-state index is -0.260. The van der Waals surface area contributed by atoms with E-state index in [1.165, 1.54) is 0 Å². The van der Waals surface area contributed by atoms with Gasteiger partial charge >= 0.3 is 0 Å². The van der Waals surface area contributed by atoms with Crippen molar-refractivity contribution in [3.05, 3.63) is 22.4 Å². The molecule has 3 heterocycles. The molecule has 0 radical (unpaired) electrons. The van der Waals surface area contributed by atoms with E-state index in [2.05, 4.69) is 0 Å².